The van der Waals surface area contributed by atoms with Gasteiger partial charge in [0.05, 0.1) is 17.7 Å². The van der Waals surface area contributed by atoms with E-state index in [0.29, 0.717) is 16.6 Å². The monoisotopic (exact) mass is 349 g/mol. The fourth-order valence-corrected chi connectivity index (χ4v) is 2.73. The second-order valence-electron chi connectivity index (χ2n) is 5.33. The van der Waals surface area contributed by atoms with Crippen LogP contribution in [0.4, 0.5) is 4.39 Å². The highest BCUT2D eigenvalue weighted by atomic mass is 32.1. The number of rotatable bonds is 6. The first kappa shape index (κ1) is 16.4. The van der Waals surface area contributed by atoms with E-state index in [-0.39, 0.29) is 18.9 Å². The number of carbonyl (C=O) groups is 1. The number of aromatic amines is 1. The highest BCUT2D eigenvalue weighted by Gasteiger charge is 2.11. The van der Waals surface area contributed by atoms with E-state index in [0.717, 1.165) is 5.69 Å². The van der Waals surface area contributed by atoms with Crippen LogP contribution >= 0.6 is 11.3 Å². The Labute approximate surface area is 141 Å². The molecule has 1 atom stereocenters. The number of aliphatic hydroxyl groups is 1. The van der Waals surface area contributed by atoms with Gasteiger partial charge in [0.2, 0.25) is 5.91 Å². The Hall–Kier alpha value is -2.45. The summed E-state index contributed by atoms with van der Waals surface area (Å²) in [5.74, 6) is -0.791. The molecule has 1 aromatic carbocycles. The van der Waals surface area contributed by atoms with Crippen LogP contribution in [0.2, 0.25) is 0 Å². The van der Waals surface area contributed by atoms with Crippen LogP contribution < -0.4 is 10.1 Å². The van der Waals surface area contributed by atoms with E-state index in [1.54, 1.807) is 17.6 Å². The Morgan fingerprint density at radius 3 is 3.04 bits per heavy atom. The van der Waals surface area contributed by atoms with Crippen LogP contribution in [0.5, 0.6) is 5.75 Å². The molecule has 0 bridgehead atoms. The molecule has 0 radical (unpaired) electrons. The molecule has 0 fully saturated rings. The highest BCUT2D eigenvalue weighted by Crippen LogP contribution is 2.26. The fourth-order valence-electron chi connectivity index (χ4n) is 2.19. The van der Waals surface area contributed by atoms with Crippen molar-refractivity contribution in [2.75, 3.05) is 0 Å². The first-order valence-electron chi connectivity index (χ1n) is 7.29. The number of ether oxygens (including phenoxy) is 1. The van der Waals surface area contributed by atoms with E-state index in [1.807, 2.05) is 5.38 Å². The van der Waals surface area contributed by atoms with Gasteiger partial charge in [-0.05, 0) is 19.1 Å². The summed E-state index contributed by atoms with van der Waals surface area (Å²) in [6, 6.07) is 4.70. The van der Waals surface area contributed by atoms with E-state index in [4.69, 9.17) is 9.84 Å². The van der Waals surface area contributed by atoms with Crippen molar-refractivity contribution in [3.63, 3.8) is 0 Å². The molecule has 0 aliphatic heterocycles. The molecule has 6 nitrogen and oxygen atoms in total. The average Bonchev–Trinajstić information content (AvgIpc) is 3.19. The van der Waals surface area contributed by atoms with Gasteiger partial charge in [0, 0.05) is 28.0 Å². The zero-order valence-corrected chi connectivity index (χ0v) is 13.7. The van der Waals surface area contributed by atoms with Gasteiger partial charge in [-0.1, -0.05) is 0 Å². The number of aromatic nitrogens is 2. The molecule has 1 amide bonds. The predicted molar refractivity (Wildman–Crippen MR) is 88.2 cm³/mol. The van der Waals surface area contributed by atoms with Gasteiger partial charge in [0.1, 0.15) is 12.7 Å². The quantitative estimate of drug-likeness (QED) is 0.637. The van der Waals surface area contributed by atoms with Gasteiger partial charge in [-0.25, -0.2) is 9.37 Å². The van der Waals surface area contributed by atoms with Crippen molar-refractivity contribution in [3.8, 4) is 5.75 Å². The van der Waals surface area contributed by atoms with Gasteiger partial charge in [-0.2, -0.15) is 0 Å². The summed E-state index contributed by atoms with van der Waals surface area (Å²) in [5.41, 5.74) is 3.84. The van der Waals surface area contributed by atoms with Crippen molar-refractivity contribution in [3.05, 3.63) is 46.3 Å². The van der Waals surface area contributed by atoms with Crippen LogP contribution in [-0.2, 0) is 17.9 Å². The fraction of sp³-hybridized carbons (Fsp3) is 0.250. The Balaban J connectivity index is 1.73. The van der Waals surface area contributed by atoms with Crippen molar-refractivity contribution >= 4 is 28.1 Å². The van der Waals surface area contributed by atoms with Crippen LogP contribution in [0, 0.1) is 5.82 Å². The molecule has 1 unspecified atom stereocenters. The number of H-pyrrole nitrogens is 1. The van der Waals surface area contributed by atoms with Crippen molar-refractivity contribution in [2.45, 2.75) is 26.2 Å². The summed E-state index contributed by atoms with van der Waals surface area (Å²) < 4.78 is 19.6. The Bertz CT molecular complexity index is 846. The molecule has 0 spiro atoms. The Morgan fingerprint density at radius 2 is 2.33 bits per heavy atom. The minimum atomic E-state index is -1.07. The number of thiazole rings is 1. The molecule has 126 valence electrons. The molecule has 0 aliphatic rings. The number of carbonyl (C=O) groups excluding carboxylic acids is 1. The van der Waals surface area contributed by atoms with Crippen LogP contribution in [0.3, 0.4) is 0 Å². The molecule has 0 saturated carbocycles. The maximum absolute atomic E-state index is 14.1. The molecule has 2 aromatic heterocycles. The minimum absolute atomic E-state index is 0.136. The summed E-state index contributed by atoms with van der Waals surface area (Å²) in [6.45, 7) is 1.81. The largest absolute Gasteiger partial charge is 0.484 e. The number of benzene rings is 1. The van der Waals surface area contributed by atoms with Crippen molar-refractivity contribution in [2.24, 2.45) is 0 Å². The minimum Gasteiger partial charge on any atom is -0.484 e. The molecule has 24 heavy (non-hydrogen) atoms. The van der Waals surface area contributed by atoms with Gasteiger partial charge in [-0.3, -0.25) is 4.79 Å². The Kier molecular flexibility index (Phi) is 4.77. The van der Waals surface area contributed by atoms with Crippen LogP contribution in [-0.4, -0.2) is 27.1 Å². The lowest BCUT2D eigenvalue weighted by atomic mass is 10.2. The molecular formula is C16H16FN3O3S. The molecule has 3 rings (SSSR count). The standard InChI is InChI=1S/C16H16FN3O3S/c1-9(21)16(22)18-5-11-2-10-3-13(17)15(4-14(10)20-11)23-6-12-7-24-8-19-12/h2-4,7-9,20-21H,5-6H2,1H3,(H,18,22). The second-order valence-corrected chi connectivity index (χ2v) is 6.05. The van der Waals surface area contributed by atoms with E-state index < -0.39 is 17.8 Å². The zero-order valence-electron chi connectivity index (χ0n) is 12.9. The first-order valence-corrected chi connectivity index (χ1v) is 8.24. The van der Waals surface area contributed by atoms with Crippen LogP contribution in [0.15, 0.2) is 29.1 Å². The molecular weight excluding hydrogens is 333 g/mol. The summed E-state index contributed by atoms with van der Waals surface area (Å²) in [7, 11) is 0. The average molecular weight is 349 g/mol. The maximum Gasteiger partial charge on any atom is 0.248 e. The third kappa shape index (κ3) is 3.72. The first-order chi connectivity index (χ1) is 11.5. The number of nitrogens with zero attached hydrogens (tertiary/aromatic N) is 1. The molecule has 0 aliphatic carbocycles. The third-order valence-electron chi connectivity index (χ3n) is 3.42. The van der Waals surface area contributed by atoms with Crippen molar-refractivity contribution in [1.82, 2.24) is 15.3 Å². The SMILES string of the molecule is CC(O)C(=O)NCc1cc2cc(F)c(OCc3cscn3)cc2[nH]1. The molecule has 8 heteroatoms. The molecule has 0 saturated heterocycles. The number of fused-ring (bicyclic) bond motifs is 1. The number of hydrogen-bond acceptors (Lipinski definition) is 5. The van der Waals surface area contributed by atoms with Gasteiger partial charge in [0.25, 0.3) is 0 Å². The predicted octanol–water partition coefficient (Wildman–Crippen LogP) is 2.34. The van der Waals surface area contributed by atoms with Gasteiger partial charge < -0.3 is 20.1 Å². The second kappa shape index (κ2) is 6.98. The number of hydrogen-bond donors (Lipinski definition) is 3. The number of aliphatic hydroxyl groups excluding tert-OH is 1. The van der Waals surface area contributed by atoms with E-state index >= 15 is 0 Å². The number of nitrogens with one attached hydrogen (secondary N) is 2. The summed E-state index contributed by atoms with van der Waals surface area (Å²) in [4.78, 5) is 18.6. The number of halogens is 1. The van der Waals surface area contributed by atoms with Gasteiger partial charge >= 0.3 is 0 Å². The normalized spacial score (nSPS) is 12.3. The van der Waals surface area contributed by atoms with Crippen molar-refractivity contribution in [1.29, 1.82) is 0 Å². The summed E-state index contributed by atoms with van der Waals surface area (Å²) >= 11 is 1.45. The van der Waals surface area contributed by atoms with E-state index in [2.05, 4.69) is 15.3 Å². The lowest BCUT2D eigenvalue weighted by Crippen LogP contribution is -2.32. The van der Waals surface area contributed by atoms with E-state index in [9.17, 15) is 9.18 Å². The van der Waals surface area contributed by atoms with E-state index in [1.165, 1.54) is 24.3 Å². The summed E-state index contributed by atoms with van der Waals surface area (Å²) in [5, 5.41) is 14.3. The van der Waals surface area contributed by atoms with Crippen LogP contribution in [0.1, 0.15) is 18.3 Å². The lowest BCUT2D eigenvalue weighted by molar-refractivity contribution is -0.128. The highest BCUT2D eigenvalue weighted by molar-refractivity contribution is 7.07. The molecule has 3 N–H and O–H groups in total. The lowest BCUT2D eigenvalue weighted by Gasteiger charge is -2.06. The van der Waals surface area contributed by atoms with Gasteiger partial charge in [0.15, 0.2) is 11.6 Å². The molecule has 2 heterocycles. The molecule has 3 aromatic rings. The third-order valence-corrected chi connectivity index (χ3v) is 4.06. The maximum atomic E-state index is 14.1. The summed E-state index contributed by atoms with van der Waals surface area (Å²) in [6.07, 6.45) is -1.07. The topological polar surface area (TPSA) is 87.2 Å². The Morgan fingerprint density at radius 1 is 1.50 bits per heavy atom. The van der Waals surface area contributed by atoms with Gasteiger partial charge in [-0.15, -0.1) is 11.3 Å². The van der Waals surface area contributed by atoms with Crippen LogP contribution in [0.25, 0.3) is 10.9 Å². The zero-order chi connectivity index (χ0) is 17.1. The number of amides is 1. The smallest absolute Gasteiger partial charge is 0.248 e. The van der Waals surface area contributed by atoms with Crippen molar-refractivity contribution < 1.29 is 19.0 Å².